The molecule has 0 bridgehead atoms. The molecule has 1 N–H and O–H groups in total. The number of nitrogens with zero attached hydrogens (tertiary/aromatic N) is 4. The molecule has 2 aromatic rings. The van der Waals surface area contributed by atoms with Crippen molar-refractivity contribution < 1.29 is 18.4 Å². The fourth-order valence-corrected chi connectivity index (χ4v) is 5.60. The van der Waals surface area contributed by atoms with Gasteiger partial charge in [-0.2, -0.15) is 4.98 Å². The summed E-state index contributed by atoms with van der Waals surface area (Å²) in [5, 5.41) is 7.38. The molecule has 0 aromatic carbocycles. The van der Waals surface area contributed by atoms with Crippen LogP contribution in [0, 0.1) is 17.3 Å². The van der Waals surface area contributed by atoms with Gasteiger partial charge in [0.05, 0.1) is 0 Å². The number of carbonyl (C=O) groups is 2. The van der Waals surface area contributed by atoms with E-state index in [4.69, 9.17) is 0 Å². The number of amides is 2. The second kappa shape index (κ2) is 6.96. The van der Waals surface area contributed by atoms with Crippen molar-refractivity contribution in [1.29, 1.82) is 0 Å². The predicted octanol–water partition coefficient (Wildman–Crippen LogP) is 3.61. The second-order valence-corrected chi connectivity index (χ2v) is 10.2. The van der Waals surface area contributed by atoms with Crippen molar-refractivity contribution in [3.8, 4) is 0 Å². The van der Waals surface area contributed by atoms with E-state index in [1.54, 1.807) is 4.90 Å². The first-order valence-corrected chi connectivity index (χ1v) is 11.7. The highest BCUT2D eigenvalue weighted by Gasteiger charge is 2.63. The number of alkyl halides is 2. The Balaban J connectivity index is 1.13. The topological polar surface area (TPSA) is 79.6 Å². The normalized spacial score (nSPS) is 31.2. The molecule has 3 heterocycles. The standard InChI is InChI=1S/C23H27F2N5O2/c24-23(25)12-16(23)20(32)29-11-10-22(13-29)8-6-14(7-9-22)17-2-1-3-18-26-21(28-30(17)18)27-19(31)15-4-5-15/h1-3,14-16H,4-13H2,(H,27,28,31)/t14?,16-,22?/m1/s1. The number of halogens is 2. The number of fused-ring (bicyclic) bond motifs is 1. The van der Waals surface area contributed by atoms with Crippen molar-refractivity contribution in [3.05, 3.63) is 23.9 Å². The Bertz CT molecular complexity index is 1090. The van der Waals surface area contributed by atoms with Gasteiger partial charge in [-0.15, -0.1) is 5.10 Å². The number of anilines is 1. The van der Waals surface area contributed by atoms with E-state index in [0.29, 0.717) is 25.0 Å². The van der Waals surface area contributed by atoms with Crippen LogP contribution in [0.25, 0.3) is 5.65 Å². The molecular weight excluding hydrogens is 416 g/mol. The van der Waals surface area contributed by atoms with E-state index in [2.05, 4.69) is 21.5 Å². The maximum Gasteiger partial charge on any atom is 0.260 e. The molecule has 4 fully saturated rings. The molecular formula is C23H27F2N5O2. The molecule has 1 spiro atoms. The molecule has 0 unspecified atom stereocenters. The maximum absolute atomic E-state index is 13.3. The zero-order chi connectivity index (χ0) is 22.1. The summed E-state index contributed by atoms with van der Waals surface area (Å²) < 4.78 is 28.5. The molecule has 9 heteroatoms. The Morgan fingerprint density at radius 3 is 2.53 bits per heavy atom. The zero-order valence-corrected chi connectivity index (χ0v) is 17.9. The Morgan fingerprint density at radius 1 is 1.09 bits per heavy atom. The number of aromatic nitrogens is 3. The van der Waals surface area contributed by atoms with Gasteiger partial charge >= 0.3 is 0 Å². The van der Waals surface area contributed by atoms with Crippen molar-refractivity contribution in [3.63, 3.8) is 0 Å². The van der Waals surface area contributed by atoms with Gasteiger partial charge in [-0.3, -0.25) is 14.9 Å². The smallest absolute Gasteiger partial charge is 0.260 e. The van der Waals surface area contributed by atoms with Crippen LogP contribution < -0.4 is 5.32 Å². The lowest BCUT2D eigenvalue weighted by molar-refractivity contribution is -0.134. The molecule has 7 nitrogen and oxygen atoms in total. The van der Waals surface area contributed by atoms with Crippen molar-refractivity contribution in [2.75, 3.05) is 18.4 Å². The summed E-state index contributed by atoms with van der Waals surface area (Å²) in [5.74, 6) is -3.49. The molecule has 6 rings (SSSR count). The number of hydrogen-bond donors (Lipinski definition) is 1. The molecule has 2 aromatic heterocycles. The van der Waals surface area contributed by atoms with Gasteiger partial charge < -0.3 is 4.90 Å². The highest BCUT2D eigenvalue weighted by Crippen LogP contribution is 2.52. The van der Waals surface area contributed by atoms with Crippen molar-refractivity contribution in [2.45, 2.75) is 63.2 Å². The van der Waals surface area contributed by atoms with Gasteiger partial charge in [-0.1, -0.05) is 6.07 Å². The monoisotopic (exact) mass is 443 g/mol. The minimum Gasteiger partial charge on any atom is -0.342 e. The van der Waals surface area contributed by atoms with Crippen LogP contribution in [0.15, 0.2) is 18.2 Å². The summed E-state index contributed by atoms with van der Waals surface area (Å²) in [6, 6.07) is 5.93. The molecule has 1 atom stereocenters. The van der Waals surface area contributed by atoms with Crippen LogP contribution in [0.5, 0.6) is 0 Å². The van der Waals surface area contributed by atoms with Crippen molar-refractivity contribution in [1.82, 2.24) is 19.5 Å². The van der Waals surface area contributed by atoms with Gasteiger partial charge in [-0.25, -0.2) is 13.3 Å². The van der Waals surface area contributed by atoms with Gasteiger partial charge in [0.15, 0.2) is 5.65 Å². The first-order valence-electron chi connectivity index (χ1n) is 11.7. The first kappa shape index (κ1) is 20.1. The summed E-state index contributed by atoms with van der Waals surface area (Å²) in [4.78, 5) is 30.6. The highest BCUT2D eigenvalue weighted by atomic mass is 19.3. The molecule has 170 valence electrons. The van der Waals surface area contributed by atoms with Crippen molar-refractivity contribution in [2.24, 2.45) is 17.3 Å². The first-order chi connectivity index (χ1) is 15.3. The van der Waals surface area contributed by atoms with Crippen LogP contribution in [-0.2, 0) is 9.59 Å². The minimum atomic E-state index is -2.79. The molecule has 3 aliphatic carbocycles. The Labute approximate surface area is 184 Å². The third-order valence-electron chi connectivity index (χ3n) is 7.91. The van der Waals surface area contributed by atoms with E-state index >= 15 is 0 Å². The summed E-state index contributed by atoms with van der Waals surface area (Å²) in [7, 11) is 0. The van der Waals surface area contributed by atoms with Gasteiger partial charge in [0.25, 0.3) is 5.92 Å². The lowest BCUT2D eigenvalue weighted by Crippen LogP contribution is -2.36. The summed E-state index contributed by atoms with van der Waals surface area (Å²) >= 11 is 0. The van der Waals surface area contributed by atoms with Crippen LogP contribution in [0.3, 0.4) is 0 Å². The van der Waals surface area contributed by atoms with Crippen LogP contribution in [0.4, 0.5) is 14.7 Å². The molecule has 32 heavy (non-hydrogen) atoms. The SMILES string of the molecule is O=C(Nc1nc2cccc(C3CCC4(CC3)CCN(C(=O)[C@H]3CC3(F)F)C4)n2n1)C1CC1. The predicted molar refractivity (Wildman–Crippen MR) is 112 cm³/mol. The van der Waals surface area contributed by atoms with Crippen LogP contribution in [0.1, 0.15) is 63.0 Å². The van der Waals surface area contributed by atoms with E-state index in [1.165, 1.54) is 0 Å². The number of rotatable bonds is 4. The fraction of sp³-hybridized carbons (Fsp3) is 0.652. The minimum absolute atomic E-state index is 0.00800. The molecule has 0 radical (unpaired) electrons. The van der Waals surface area contributed by atoms with Gasteiger partial charge in [-0.05, 0) is 62.5 Å². The maximum atomic E-state index is 13.3. The van der Waals surface area contributed by atoms with E-state index in [-0.39, 0.29) is 29.6 Å². The Kier molecular flexibility index (Phi) is 4.36. The number of pyridine rings is 1. The largest absolute Gasteiger partial charge is 0.342 e. The Morgan fingerprint density at radius 2 is 1.84 bits per heavy atom. The van der Waals surface area contributed by atoms with Crippen molar-refractivity contribution >= 4 is 23.4 Å². The second-order valence-electron chi connectivity index (χ2n) is 10.2. The molecule has 1 aliphatic heterocycles. The third-order valence-corrected chi connectivity index (χ3v) is 7.91. The zero-order valence-electron chi connectivity index (χ0n) is 17.9. The highest BCUT2D eigenvalue weighted by molar-refractivity contribution is 5.92. The van der Waals surface area contributed by atoms with E-state index in [1.807, 2.05) is 16.6 Å². The van der Waals surface area contributed by atoms with Crippen LogP contribution in [-0.4, -0.2) is 50.3 Å². The van der Waals surface area contributed by atoms with Gasteiger partial charge in [0.1, 0.15) is 5.92 Å². The average molecular weight is 443 g/mol. The number of nitrogens with one attached hydrogen (secondary N) is 1. The van der Waals surface area contributed by atoms with Gasteiger partial charge in [0, 0.05) is 37.0 Å². The molecule has 2 amide bonds. The summed E-state index contributed by atoms with van der Waals surface area (Å²) in [5.41, 5.74) is 1.85. The van der Waals surface area contributed by atoms with E-state index in [0.717, 1.165) is 56.3 Å². The lowest BCUT2D eigenvalue weighted by atomic mass is 9.69. The lowest BCUT2D eigenvalue weighted by Gasteiger charge is -2.37. The quantitative estimate of drug-likeness (QED) is 0.783. The average Bonchev–Trinajstić information content (AvgIpc) is 3.64. The van der Waals surface area contributed by atoms with Crippen LogP contribution in [0.2, 0.25) is 0 Å². The third kappa shape index (κ3) is 3.46. The molecule has 3 saturated carbocycles. The van der Waals surface area contributed by atoms with Crippen LogP contribution >= 0.6 is 0 Å². The molecule has 4 aliphatic rings. The van der Waals surface area contributed by atoms with Gasteiger partial charge in [0.2, 0.25) is 17.8 Å². The number of hydrogen-bond acceptors (Lipinski definition) is 4. The summed E-state index contributed by atoms with van der Waals surface area (Å²) in [6.07, 6.45) is 6.34. The Hall–Kier alpha value is -2.58. The van der Waals surface area contributed by atoms with E-state index in [9.17, 15) is 18.4 Å². The number of carbonyl (C=O) groups excluding carboxylic acids is 2. The molecule has 1 saturated heterocycles. The number of likely N-dealkylation sites (tertiary alicyclic amines) is 1. The fourth-order valence-electron chi connectivity index (χ4n) is 5.60. The summed E-state index contributed by atoms with van der Waals surface area (Å²) in [6.45, 7) is 1.20. The van der Waals surface area contributed by atoms with E-state index < -0.39 is 11.8 Å².